The van der Waals surface area contributed by atoms with E-state index in [0.717, 1.165) is 12.8 Å². The van der Waals surface area contributed by atoms with Gasteiger partial charge in [-0.25, -0.2) is 0 Å². The Morgan fingerprint density at radius 3 is 2.48 bits per heavy atom. The van der Waals surface area contributed by atoms with Crippen LogP contribution in [0.1, 0.15) is 50.5 Å². The minimum atomic E-state index is -4.63. The number of β-amino-alcohol motifs (C(OH)–C–C–N with tert-alkyl or cyclic N) is 1. The molecule has 3 aliphatic rings. The van der Waals surface area contributed by atoms with Crippen molar-refractivity contribution in [3.8, 4) is 6.07 Å². The van der Waals surface area contributed by atoms with E-state index in [1.54, 1.807) is 15.8 Å². The summed E-state index contributed by atoms with van der Waals surface area (Å²) in [5.74, 6) is 0.357. The third-order valence-corrected chi connectivity index (χ3v) is 6.95. The second-order valence-corrected chi connectivity index (χ2v) is 9.14. The summed E-state index contributed by atoms with van der Waals surface area (Å²) in [6.07, 6.45) is 1.39. The lowest BCUT2D eigenvalue weighted by molar-refractivity contribution is -0.307. The van der Waals surface area contributed by atoms with Gasteiger partial charge >= 0.3 is 6.18 Å². The summed E-state index contributed by atoms with van der Waals surface area (Å²) < 4.78 is 40.5. The zero-order chi connectivity index (χ0) is 22.4. The number of rotatable bonds is 6. The van der Waals surface area contributed by atoms with Crippen LogP contribution >= 0.6 is 0 Å². The zero-order valence-electron chi connectivity index (χ0n) is 17.2. The molecule has 0 atom stereocenters. The number of anilines is 1. The molecule has 4 N–H and O–H groups in total. The van der Waals surface area contributed by atoms with Crippen molar-refractivity contribution in [1.29, 1.82) is 5.26 Å². The van der Waals surface area contributed by atoms with Gasteiger partial charge in [-0.2, -0.15) is 23.5 Å². The van der Waals surface area contributed by atoms with E-state index in [9.17, 15) is 28.3 Å². The summed E-state index contributed by atoms with van der Waals surface area (Å²) in [6.45, 7) is -0.638. The molecule has 1 saturated heterocycles. The Bertz CT molecular complexity index is 874. The standard InChI is InChI=1S/C20H27F3N6O2/c21-20(22,23)19(31)11-28(12-19)15-3-5-18(6-4-15,7-8-24)29-10-14(9-25)16(27-29)26-17(30)13-1-2-13/h10,13,15,31H,1-7,9,11-12,25H2,(H,26,27,30). The summed E-state index contributed by atoms with van der Waals surface area (Å²) in [7, 11) is 0. The molecule has 1 aromatic rings. The van der Waals surface area contributed by atoms with Crippen LogP contribution in [0.15, 0.2) is 6.20 Å². The van der Waals surface area contributed by atoms with E-state index in [-0.39, 0.29) is 30.8 Å². The van der Waals surface area contributed by atoms with Crippen molar-refractivity contribution in [2.75, 3.05) is 18.4 Å². The average molecular weight is 440 g/mol. The topological polar surface area (TPSA) is 120 Å². The number of nitriles is 1. The molecule has 31 heavy (non-hydrogen) atoms. The lowest BCUT2D eigenvalue weighted by atomic mass is 9.75. The molecule has 170 valence electrons. The number of carbonyl (C=O) groups excluding carboxylic acids is 1. The summed E-state index contributed by atoms with van der Waals surface area (Å²) in [5.41, 5.74) is 3.30. The van der Waals surface area contributed by atoms with E-state index in [4.69, 9.17) is 5.73 Å². The predicted octanol–water partition coefficient (Wildman–Crippen LogP) is 1.85. The zero-order valence-corrected chi connectivity index (χ0v) is 17.2. The van der Waals surface area contributed by atoms with Crippen LogP contribution in [0.5, 0.6) is 0 Å². The molecule has 1 aromatic heterocycles. The minimum Gasteiger partial charge on any atom is -0.378 e. The molecule has 0 bridgehead atoms. The fourth-order valence-corrected chi connectivity index (χ4v) is 4.67. The molecule has 2 aliphatic carbocycles. The highest BCUT2D eigenvalue weighted by Crippen LogP contribution is 2.44. The van der Waals surface area contributed by atoms with Crippen LogP contribution in [0.4, 0.5) is 19.0 Å². The van der Waals surface area contributed by atoms with Crippen LogP contribution in [0.2, 0.25) is 0 Å². The maximum Gasteiger partial charge on any atom is 0.419 e. The first-order chi connectivity index (χ1) is 14.6. The van der Waals surface area contributed by atoms with E-state index >= 15 is 0 Å². The third kappa shape index (κ3) is 4.04. The minimum absolute atomic E-state index is 0.0196. The van der Waals surface area contributed by atoms with Crippen molar-refractivity contribution < 1.29 is 23.1 Å². The lowest BCUT2D eigenvalue weighted by Crippen LogP contribution is -2.71. The Morgan fingerprint density at radius 1 is 1.32 bits per heavy atom. The van der Waals surface area contributed by atoms with Crippen LogP contribution in [-0.2, 0) is 16.9 Å². The first kappa shape index (κ1) is 22.0. The molecule has 0 spiro atoms. The number of nitrogens with two attached hydrogens (primary N) is 1. The number of hydrogen-bond acceptors (Lipinski definition) is 6. The van der Waals surface area contributed by atoms with Gasteiger partial charge in [0.15, 0.2) is 11.4 Å². The van der Waals surface area contributed by atoms with Crippen LogP contribution < -0.4 is 11.1 Å². The first-order valence-corrected chi connectivity index (χ1v) is 10.6. The van der Waals surface area contributed by atoms with E-state index < -0.39 is 30.4 Å². The van der Waals surface area contributed by atoms with Gasteiger partial charge in [-0.3, -0.25) is 14.4 Å². The first-order valence-electron chi connectivity index (χ1n) is 10.6. The van der Waals surface area contributed by atoms with Gasteiger partial charge in [0.25, 0.3) is 0 Å². The number of likely N-dealkylation sites (tertiary alicyclic amines) is 1. The quantitative estimate of drug-likeness (QED) is 0.621. The summed E-state index contributed by atoms with van der Waals surface area (Å²) in [5, 5.41) is 26.6. The van der Waals surface area contributed by atoms with Crippen molar-refractivity contribution in [3.05, 3.63) is 11.8 Å². The van der Waals surface area contributed by atoms with Crippen LogP contribution in [0.25, 0.3) is 0 Å². The highest BCUT2D eigenvalue weighted by atomic mass is 19.4. The molecule has 1 aliphatic heterocycles. The molecule has 3 fully saturated rings. The Labute approximate surface area is 178 Å². The molecule has 2 saturated carbocycles. The van der Waals surface area contributed by atoms with Crippen molar-refractivity contribution in [1.82, 2.24) is 14.7 Å². The van der Waals surface area contributed by atoms with Gasteiger partial charge in [-0.05, 0) is 38.5 Å². The second-order valence-electron chi connectivity index (χ2n) is 9.14. The third-order valence-electron chi connectivity index (χ3n) is 6.95. The molecular weight excluding hydrogens is 413 g/mol. The van der Waals surface area contributed by atoms with Crippen molar-refractivity contribution in [3.63, 3.8) is 0 Å². The van der Waals surface area contributed by atoms with Crippen LogP contribution in [0.3, 0.4) is 0 Å². The fourth-order valence-electron chi connectivity index (χ4n) is 4.67. The molecule has 2 heterocycles. The van der Waals surface area contributed by atoms with E-state index in [0.29, 0.717) is 37.1 Å². The summed E-state index contributed by atoms with van der Waals surface area (Å²) in [6, 6.07) is 2.14. The van der Waals surface area contributed by atoms with E-state index in [1.165, 1.54) is 0 Å². The predicted molar refractivity (Wildman–Crippen MR) is 105 cm³/mol. The number of carbonyl (C=O) groups is 1. The largest absolute Gasteiger partial charge is 0.419 e. The summed E-state index contributed by atoms with van der Waals surface area (Å²) >= 11 is 0. The molecule has 0 radical (unpaired) electrons. The van der Waals surface area contributed by atoms with Crippen molar-refractivity contribution in [2.45, 2.75) is 74.8 Å². The number of halogens is 3. The molecule has 8 nitrogen and oxygen atoms in total. The SMILES string of the molecule is N#CCC1(n2cc(CN)c(NC(=O)C3CC3)n2)CCC(N2CC(O)(C(F)(F)F)C2)CC1. The fraction of sp³-hybridized carbons (Fsp3) is 0.750. The molecule has 1 amide bonds. The highest BCUT2D eigenvalue weighted by Gasteiger charge is 2.62. The number of nitrogens with zero attached hydrogens (tertiary/aromatic N) is 4. The number of aliphatic hydroxyl groups is 1. The second kappa shape index (κ2) is 7.76. The Kier molecular flexibility index (Phi) is 5.52. The van der Waals surface area contributed by atoms with Gasteiger partial charge in [0.1, 0.15) is 0 Å². The average Bonchev–Trinajstić information content (AvgIpc) is 3.46. The van der Waals surface area contributed by atoms with Gasteiger partial charge in [0.05, 0.1) is 18.0 Å². The maximum atomic E-state index is 12.9. The lowest BCUT2D eigenvalue weighted by Gasteiger charge is -2.52. The van der Waals surface area contributed by atoms with Crippen LogP contribution in [-0.4, -0.2) is 56.6 Å². The number of alkyl halides is 3. The van der Waals surface area contributed by atoms with Gasteiger partial charge in [0, 0.05) is 43.4 Å². The number of nitrogens with one attached hydrogen (secondary N) is 1. The number of aromatic nitrogens is 2. The van der Waals surface area contributed by atoms with Crippen molar-refractivity contribution >= 4 is 11.7 Å². The summed E-state index contributed by atoms with van der Waals surface area (Å²) in [4.78, 5) is 13.8. The van der Waals surface area contributed by atoms with E-state index in [1.807, 2.05) is 0 Å². The molecule has 11 heteroatoms. The Balaban J connectivity index is 1.45. The van der Waals surface area contributed by atoms with Gasteiger partial charge in [-0.15, -0.1) is 0 Å². The monoisotopic (exact) mass is 440 g/mol. The maximum absolute atomic E-state index is 12.9. The normalized spacial score (nSPS) is 28.6. The smallest absolute Gasteiger partial charge is 0.378 e. The van der Waals surface area contributed by atoms with Crippen LogP contribution in [0, 0.1) is 17.2 Å². The molecule has 0 aromatic carbocycles. The Morgan fingerprint density at radius 2 is 1.97 bits per heavy atom. The van der Waals surface area contributed by atoms with E-state index in [2.05, 4.69) is 16.5 Å². The van der Waals surface area contributed by atoms with Gasteiger partial charge < -0.3 is 16.2 Å². The molecule has 0 unspecified atom stereocenters. The number of amides is 1. The molecule has 4 rings (SSSR count). The highest BCUT2D eigenvalue weighted by molar-refractivity contribution is 5.93. The van der Waals surface area contributed by atoms with Gasteiger partial charge in [-0.1, -0.05) is 0 Å². The Hall–Kier alpha value is -2.16. The van der Waals surface area contributed by atoms with Crippen molar-refractivity contribution in [2.24, 2.45) is 11.7 Å². The molecular formula is C20H27F3N6O2. The van der Waals surface area contributed by atoms with Gasteiger partial charge in [0.2, 0.25) is 5.91 Å². The number of hydrogen-bond donors (Lipinski definition) is 3.